The molecule has 0 aromatic heterocycles. The Bertz CT molecular complexity index is 913. The van der Waals surface area contributed by atoms with E-state index in [-0.39, 0.29) is 18.0 Å². The van der Waals surface area contributed by atoms with Gasteiger partial charge >= 0.3 is 0 Å². The van der Waals surface area contributed by atoms with Crippen molar-refractivity contribution < 1.29 is 22.0 Å². The Morgan fingerprint density at radius 1 is 1.17 bits per heavy atom. The van der Waals surface area contributed by atoms with E-state index in [0.29, 0.717) is 11.3 Å². The van der Waals surface area contributed by atoms with Crippen molar-refractivity contribution in [1.82, 2.24) is 0 Å². The summed E-state index contributed by atoms with van der Waals surface area (Å²) in [5.74, 6) is -2.78. The molecule has 23 heavy (non-hydrogen) atoms. The first-order valence-corrected chi connectivity index (χ1v) is 8.14. The Kier molecular flexibility index (Phi) is 3.56. The predicted molar refractivity (Wildman–Crippen MR) is 80.7 cm³/mol. The van der Waals surface area contributed by atoms with E-state index in [0.717, 1.165) is 18.2 Å². The van der Waals surface area contributed by atoms with Gasteiger partial charge in [-0.2, -0.15) is 0 Å². The van der Waals surface area contributed by atoms with Crippen molar-refractivity contribution in [2.75, 3.05) is 16.7 Å². The molecular weight excluding hydrogens is 326 g/mol. The Balaban J connectivity index is 1.95. The number of amides is 1. The summed E-state index contributed by atoms with van der Waals surface area (Å²) >= 11 is 0. The third-order valence-electron chi connectivity index (χ3n) is 3.61. The second-order valence-corrected chi connectivity index (χ2v) is 6.78. The lowest BCUT2D eigenvalue weighted by atomic mass is 10.1. The molecular formula is C15H12F2N2O3S. The van der Waals surface area contributed by atoms with Crippen LogP contribution in [0.15, 0.2) is 41.3 Å². The lowest BCUT2D eigenvalue weighted by molar-refractivity contribution is -0.117. The molecule has 0 saturated heterocycles. The number of fused-ring (bicyclic) bond motifs is 1. The maximum Gasteiger partial charge on any atom is 0.264 e. The molecule has 0 radical (unpaired) electrons. The zero-order chi connectivity index (χ0) is 16.8. The van der Waals surface area contributed by atoms with E-state index in [2.05, 4.69) is 4.72 Å². The number of nitrogens with one attached hydrogen (secondary N) is 1. The number of sulfonamides is 1. The van der Waals surface area contributed by atoms with Crippen molar-refractivity contribution in [2.45, 2.75) is 11.3 Å². The van der Waals surface area contributed by atoms with Gasteiger partial charge in [0, 0.05) is 18.4 Å². The highest BCUT2D eigenvalue weighted by molar-refractivity contribution is 7.92. The third-order valence-corrected chi connectivity index (χ3v) is 5.01. The van der Waals surface area contributed by atoms with Crippen molar-refractivity contribution in [2.24, 2.45) is 0 Å². The minimum Gasteiger partial charge on any atom is -0.315 e. The summed E-state index contributed by atoms with van der Waals surface area (Å²) in [5, 5.41) is 0. The van der Waals surface area contributed by atoms with E-state index in [4.69, 9.17) is 0 Å². The van der Waals surface area contributed by atoms with Gasteiger partial charge < -0.3 is 4.90 Å². The fourth-order valence-electron chi connectivity index (χ4n) is 2.44. The van der Waals surface area contributed by atoms with Crippen LogP contribution in [0.5, 0.6) is 0 Å². The molecule has 1 aliphatic heterocycles. The van der Waals surface area contributed by atoms with Gasteiger partial charge in [-0.1, -0.05) is 6.07 Å². The molecule has 0 aliphatic carbocycles. The fourth-order valence-corrected chi connectivity index (χ4v) is 3.57. The number of carbonyl (C=O) groups is 1. The van der Waals surface area contributed by atoms with Gasteiger partial charge in [0.25, 0.3) is 10.0 Å². The summed E-state index contributed by atoms with van der Waals surface area (Å²) < 4.78 is 53.5. The summed E-state index contributed by atoms with van der Waals surface area (Å²) in [6, 6.07) is 7.49. The lowest BCUT2D eigenvalue weighted by Gasteiger charge is -2.12. The number of rotatable bonds is 3. The van der Waals surface area contributed by atoms with Crippen molar-refractivity contribution in [3.8, 4) is 0 Å². The molecule has 2 aromatic rings. The van der Waals surface area contributed by atoms with Crippen LogP contribution < -0.4 is 9.62 Å². The first kappa shape index (κ1) is 15.4. The predicted octanol–water partition coefficient (Wildman–Crippen LogP) is 2.28. The highest BCUT2D eigenvalue weighted by Crippen LogP contribution is 2.31. The van der Waals surface area contributed by atoms with Crippen molar-refractivity contribution in [3.05, 3.63) is 53.6 Å². The highest BCUT2D eigenvalue weighted by Gasteiger charge is 2.26. The van der Waals surface area contributed by atoms with Crippen LogP contribution in [0.4, 0.5) is 20.2 Å². The van der Waals surface area contributed by atoms with Gasteiger partial charge in [-0.15, -0.1) is 0 Å². The van der Waals surface area contributed by atoms with Gasteiger partial charge in [0.05, 0.1) is 6.42 Å². The molecule has 0 spiro atoms. The van der Waals surface area contributed by atoms with Gasteiger partial charge in [0.2, 0.25) is 5.91 Å². The minimum atomic E-state index is -4.27. The second-order valence-electron chi connectivity index (χ2n) is 5.13. The number of halogens is 2. The number of nitrogens with zero attached hydrogens (tertiary/aromatic N) is 1. The molecule has 1 heterocycles. The number of benzene rings is 2. The van der Waals surface area contributed by atoms with Crippen LogP contribution in [0.25, 0.3) is 0 Å². The molecule has 5 nitrogen and oxygen atoms in total. The molecule has 3 rings (SSSR count). The molecule has 1 amide bonds. The number of hydrogen-bond acceptors (Lipinski definition) is 3. The van der Waals surface area contributed by atoms with Gasteiger partial charge in [0.1, 0.15) is 4.90 Å². The number of anilines is 2. The monoisotopic (exact) mass is 338 g/mol. The van der Waals surface area contributed by atoms with E-state index < -0.39 is 26.6 Å². The maximum absolute atomic E-state index is 13.7. The molecule has 1 N–H and O–H groups in total. The van der Waals surface area contributed by atoms with Crippen molar-refractivity contribution >= 4 is 27.3 Å². The fraction of sp³-hybridized carbons (Fsp3) is 0.133. The van der Waals surface area contributed by atoms with Gasteiger partial charge in [-0.05, 0) is 35.9 Å². The van der Waals surface area contributed by atoms with Crippen LogP contribution in [0.3, 0.4) is 0 Å². The SMILES string of the molecule is CN1C(=O)Cc2cc(NS(=O)(=O)c3cccc(F)c3F)ccc21. The van der Waals surface area contributed by atoms with E-state index in [1.807, 2.05) is 0 Å². The van der Waals surface area contributed by atoms with Gasteiger partial charge in [0.15, 0.2) is 11.6 Å². The molecule has 1 aliphatic rings. The second kappa shape index (κ2) is 5.31. The number of hydrogen-bond donors (Lipinski definition) is 1. The zero-order valence-electron chi connectivity index (χ0n) is 12.0. The van der Waals surface area contributed by atoms with E-state index >= 15 is 0 Å². The largest absolute Gasteiger partial charge is 0.315 e. The first-order valence-electron chi connectivity index (χ1n) is 6.66. The van der Waals surface area contributed by atoms with Crippen LogP contribution in [-0.2, 0) is 21.2 Å². The molecule has 8 heteroatoms. The van der Waals surface area contributed by atoms with Crippen LogP contribution in [0.1, 0.15) is 5.56 Å². The lowest BCUT2D eigenvalue weighted by Crippen LogP contribution is -2.20. The van der Waals surface area contributed by atoms with E-state index in [9.17, 15) is 22.0 Å². The summed E-state index contributed by atoms with van der Waals surface area (Å²) in [4.78, 5) is 12.3. The molecule has 0 bridgehead atoms. The van der Waals surface area contributed by atoms with E-state index in [1.54, 1.807) is 13.1 Å². The van der Waals surface area contributed by atoms with E-state index in [1.165, 1.54) is 17.0 Å². The topological polar surface area (TPSA) is 66.5 Å². The van der Waals surface area contributed by atoms with Crippen molar-refractivity contribution in [3.63, 3.8) is 0 Å². The average molecular weight is 338 g/mol. The summed E-state index contributed by atoms with van der Waals surface area (Å²) in [6.45, 7) is 0. The summed E-state index contributed by atoms with van der Waals surface area (Å²) in [5.41, 5.74) is 1.53. The Hall–Kier alpha value is -2.48. The smallest absolute Gasteiger partial charge is 0.264 e. The van der Waals surface area contributed by atoms with Crippen LogP contribution in [0.2, 0.25) is 0 Å². The summed E-state index contributed by atoms with van der Waals surface area (Å²) in [6.07, 6.45) is 0.162. The Morgan fingerprint density at radius 3 is 2.65 bits per heavy atom. The number of carbonyl (C=O) groups excluding carboxylic acids is 1. The maximum atomic E-state index is 13.7. The average Bonchev–Trinajstić information content (AvgIpc) is 2.76. The quantitative estimate of drug-likeness (QED) is 0.934. The molecule has 0 atom stereocenters. The van der Waals surface area contributed by atoms with Crippen molar-refractivity contribution in [1.29, 1.82) is 0 Å². The standard InChI is InChI=1S/C15H12F2N2O3S/c1-19-12-6-5-10(7-9(12)8-14(19)20)18-23(21,22)13-4-2-3-11(16)15(13)17/h2-7,18H,8H2,1H3. The molecule has 0 unspecified atom stereocenters. The Labute approximate surface area is 131 Å². The van der Waals surface area contributed by atoms with Crippen LogP contribution in [-0.4, -0.2) is 21.4 Å². The number of likely N-dealkylation sites (N-methyl/N-ethyl adjacent to an activating group) is 1. The summed E-state index contributed by atoms with van der Waals surface area (Å²) in [7, 11) is -2.65. The van der Waals surface area contributed by atoms with Gasteiger partial charge in [-0.25, -0.2) is 17.2 Å². The molecule has 120 valence electrons. The minimum absolute atomic E-state index is 0.101. The van der Waals surface area contributed by atoms with Crippen LogP contribution in [0, 0.1) is 11.6 Å². The molecule has 0 fully saturated rings. The zero-order valence-corrected chi connectivity index (χ0v) is 12.8. The third kappa shape index (κ3) is 2.65. The first-order chi connectivity index (χ1) is 10.8. The highest BCUT2D eigenvalue weighted by atomic mass is 32.2. The van der Waals surface area contributed by atoms with Crippen LogP contribution >= 0.6 is 0 Å². The molecule has 0 saturated carbocycles. The normalized spacial score (nSPS) is 14.0. The molecule has 2 aromatic carbocycles. The Morgan fingerprint density at radius 2 is 1.91 bits per heavy atom. The van der Waals surface area contributed by atoms with Gasteiger partial charge in [-0.3, -0.25) is 9.52 Å².